The number of likely N-dealkylation sites (tertiary alicyclic amines) is 1. The van der Waals surface area contributed by atoms with E-state index in [0.717, 1.165) is 30.5 Å². The molecule has 1 saturated heterocycles. The van der Waals surface area contributed by atoms with E-state index in [1.54, 1.807) is 36.0 Å². The highest BCUT2D eigenvalue weighted by Gasteiger charge is 2.41. The number of halogens is 1. The number of piperidine rings is 1. The van der Waals surface area contributed by atoms with Crippen LogP contribution in [-0.2, 0) is 16.6 Å². The van der Waals surface area contributed by atoms with Crippen molar-refractivity contribution in [3.63, 3.8) is 0 Å². The van der Waals surface area contributed by atoms with E-state index >= 15 is 0 Å². The van der Waals surface area contributed by atoms with Gasteiger partial charge in [0, 0.05) is 50.0 Å². The summed E-state index contributed by atoms with van der Waals surface area (Å²) in [5, 5.41) is 4.34. The van der Waals surface area contributed by atoms with Gasteiger partial charge in [0.25, 0.3) is 0 Å². The molecule has 30 heavy (non-hydrogen) atoms. The number of nitrogens with zero attached hydrogens (tertiary/aromatic N) is 3. The number of aryl methyl sites for hydroxylation is 1. The molecule has 0 amide bonds. The largest absolute Gasteiger partial charge is 0.297 e. The first-order valence-electron chi connectivity index (χ1n) is 10.3. The molecular weight excluding hydrogens is 401 g/mol. The van der Waals surface area contributed by atoms with Crippen LogP contribution in [0.3, 0.4) is 0 Å². The van der Waals surface area contributed by atoms with Crippen molar-refractivity contribution in [1.82, 2.24) is 14.7 Å². The maximum absolute atomic E-state index is 14.7. The third kappa shape index (κ3) is 4.57. The SMILES string of the molecule is CC(=O)SC1CCN(C(C(=O)C2CC2)c2ccccc2F)CC1=Cc1ccnn1C. The second-order valence-electron chi connectivity index (χ2n) is 8.06. The van der Waals surface area contributed by atoms with Crippen LogP contribution in [0.25, 0.3) is 6.08 Å². The van der Waals surface area contributed by atoms with Gasteiger partial charge in [0.15, 0.2) is 10.9 Å². The average Bonchev–Trinajstić information content (AvgIpc) is 3.48. The van der Waals surface area contributed by atoms with Crippen LogP contribution in [-0.4, -0.2) is 43.9 Å². The maximum Gasteiger partial charge on any atom is 0.186 e. The number of carbonyl (C=O) groups excluding carboxylic acids is 2. The molecule has 1 aliphatic heterocycles. The Balaban J connectivity index is 1.68. The van der Waals surface area contributed by atoms with Crippen LogP contribution < -0.4 is 0 Å². The summed E-state index contributed by atoms with van der Waals surface area (Å²) in [7, 11) is 1.87. The highest BCUT2D eigenvalue weighted by Crippen LogP contribution is 2.40. The van der Waals surface area contributed by atoms with E-state index in [1.165, 1.54) is 17.8 Å². The summed E-state index contributed by atoms with van der Waals surface area (Å²) in [4.78, 5) is 27.1. The van der Waals surface area contributed by atoms with Crippen molar-refractivity contribution in [3.05, 3.63) is 59.2 Å². The van der Waals surface area contributed by atoms with Crippen LogP contribution in [0, 0.1) is 11.7 Å². The fourth-order valence-electron chi connectivity index (χ4n) is 4.11. The summed E-state index contributed by atoms with van der Waals surface area (Å²) in [6, 6.07) is 7.92. The number of benzene rings is 1. The zero-order valence-electron chi connectivity index (χ0n) is 17.3. The third-order valence-corrected chi connectivity index (χ3v) is 6.95. The summed E-state index contributed by atoms with van der Waals surface area (Å²) >= 11 is 1.33. The molecule has 2 atom stereocenters. The Hall–Kier alpha value is -2.25. The van der Waals surface area contributed by atoms with Crippen molar-refractivity contribution < 1.29 is 14.0 Å². The van der Waals surface area contributed by atoms with Crippen LogP contribution >= 0.6 is 11.8 Å². The first-order valence-corrected chi connectivity index (χ1v) is 11.2. The maximum atomic E-state index is 14.7. The normalized spacial score (nSPS) is 22.2. The molecule has 4 rings (SSSR count). The lowest BCUT2D eigenvalue weighted by molar-refractivity contribution is -0.126. The molecule has 1 aliphatic carbocycles. The van der Waals surface area contributed by atoms with Gasteiger partial charge in [-0.3, -0.25) is 19.2 Å². The second-order valence-corrected chi connectivity index (χ2v) is 9.44. The molecule has 0 bridgehead atoms. The molecule has 0 radical (unpaired) electrons. The molecule has 2 aliphatic rings. The Labute approximate surface area is 180 Å². The lowest BCUT2D eigenvalue weighted by Gasteiger charge is -2.38. The Bertz CT molecular complexity index is 982. The van der Waals surface area contributed by atoms with Crippen LogP contribution in [0.15, 0.2) is 42.1 Å². The number of hydrogen-bond donors (Lipinski definition) is 0. The number of ketones is 1. The predicted molar refractivity (Wildman–Crippen MR) is 116 cm³/mol. The first-order chi connectivity index (χ1) is 14.4. The molecule has 2 unspecified atom stereocenters. The smallest absolute Gasteiger partial charge is 0.186 e. The topological polar surface area (TPSA) is 55.2 Å². The van der Waals surface area contributed by atoms with E-state index in [1.807, 2.05) is 13.1 Å². The molecule has 7 heteroatoms. The zero-order valence-corrected chi connectivity index (χ0v) is 18.1. The molecule has 1 aromatic heterocycles. The molecule has 2 aromatic rings. The van der Waals surface area contributed by atoms with E-state index < -0.39 is 6.04 Å². The highest BCUT2D eigenvalue weighted by atomic mass is 32.2. The third-order valence-electron chi connectivity index (χ3n) is 5.79. The van der Waals surface area contributed by atoms with Crippen molar-refractivity contribution >= 4 is 28.7 Å². The quantitative estimate of drug-likeness (QED) is 0.697. The van der Waals surface area contributed by atoms with Gasteiger partial charge in [0.05, 0.1) is 11.7 Å². The summed E-state index contributed by atoms with van der Waals surface area (Å²) in [5.41, 5.74) is 2.46. The summed E-state index contributed by atoms with van der Waals surface area (Å²) in [6.45, 7) is 2.75. The van der Waals surface area contributed by atoms with Gasteiger partial charge in [-0.1, -0.05) is 30.0 Å². The van der Waals surface area contributed by atoms with Gasteiger partial charge in [-0.2, -0.15) is 5.10 Å². The van der Waals surface area contributed by atoms with Crippen LogP contribution in [0.2, 0.25) is 0 Å². The molecule has 2 fully saturated rings. The van der Waals surface area contributed by atoms with E-state index in [9.17, 15) is 14.0 Å². The van der Waals surface area contributed by atoms with Gasteiger partial charge in [-0.15, -0.1) is 0 Å². The van der Waals surface area contributed by atoms with Crippen molar-refractivity contribution in [2.75, 3.05) is 13.1 Å². The van der Waals surface area contributed by atoms with Crippen LogP contribution in [0.4, 0.5) is 4.39 Å². The predicted octanol–water partition coefficient (Wildman–Crippen LogP) is 4.02. The lowest BCUT2D eigenvalue weighted by Crippen LogP contribution is -2.43. The molecule has 1 aromatic carbocycles. The van der Waals surface area contributed by atoms with Gasteiger partial charge in [0.1, 0.15) is 5.82 Å². The van der Waals surface area contributed by atoms with Gasteiger partial charge in [-0.05, 0) is 43.0 Å². The molecule has 0 N–H and O–H groups in total. The molecule has 1 saturated carbocycles. The van der Waals surface area contributed by atoms with Gasteiger partial charge >= 0.3 is 0 Å². The second kappa shape index (κ2) is 8.86. The number of hydrogen-bond acceptors (Lipinski definition) is 5. The standard InChI is InChI=1S/C23H26FN3O2S/c1-15(28)30-21-10-12-27(14-17(21)13-18-9-11-25-26(18)2)22(23(29)16-7-8-16)19-5-3-4-6-20(19)24/h3-6,9,11,13,16,21-22H,7-8,10,12,14H2,1-2H3. The van der Waals surface area contributed by atoms with Crippen molar-refractivity contribution in [2.24, 2.45) is 13.0 Å². The highest BCUT2D eigenvalue weighted by molar-refractivity contribution is 8.14. The molecule has 2 heterocycles. The fraction of sp³-hybridized carbons (Fsp3) is 0.435. The molecular formula is C23H26FN3O2S. The van der Waals surface area contributed by atoms with Crippen LogP contribution in [0.5, 0.6) is 0 Å². The van der Waals surface area contributed by atoms with E-state index in [-0.39, 0.29) is 27.9 Å². The number of aromatic nitrogens is 2. The zero-order chi connectivity index (χ0) is 21.3. The number of rotatable bonds is 6. The van der Waals surface area contributed by atoms with Crippen LogP contribution in [0.1, 0.15) is 43.5 Å². The molecule has 5 nitrogen and oxygen atoms in total. The van der Waals surface area contributed by atoms with Crippen molar-refractivity contribution in [1.29, 1.82) is 0 Å². The van der Waals surface area contributed by atoms with E-state index in [2.05, 4.69) is 16.1 Å². The van der Waals surface area contributed by atoms with Gasteiger partial charge in [-0.25, -0.2) is 4.39 Å². The number of carbonyl (C=O) groups is 2. The van der Waals surface area contributed by atoms with Gasteiger partial charge < -0.3 is 0 Å². The number of Topliss-reactive ketones (excluding diaryl/α,β-unsaturated/α-hetero) is 1. The average molecular weight is 428 g/mol. The summed E-state index contributed by atoms with van der Waals surface area (Å²) in [5.74, 6) is -0.199. The van der Waals surface area contributed by atoms with E-state index in [4.69, 9.17) is 0 Å². The minimum atomic E-state index is -0.586. The minimum Gasteiger partial charge on any atom is -0.297 e. The van der Waals surface area contributed by atoms with Crippen molar-refractivity contribution in [3.8, 4) is 0 Å². The first kappa shape index (κ1) is 21.0. The Morgan fingerprint density at radius 1 is 1.23 bits per heavy atom. The minimum absolute atomic E-state index is 0.0310. The van der Waals surface area contributed by atoms with E-state index in [0.29, 0.717) is 18.7 Å². The van der Waals surface area contributed by atoms with Gasteiger partial charge in [0.2, 0.25) is 0 Å². The monoisotopic (exact) mass is 427 g/mol. The van der Waals surface area contributed by atoms with Crippen molar-refractivity contribution in [2.45, 2.75) is 37.5 Å². The lowest BCUT2D eigenvalue weighted by atomic mass is 9.93. The Morgan fingerprint density at radius 2 is 2.00 bits per heavy atom. The number of thioether (sulfide) groups is 1. The fourth-order valence-corrected chi connectivity index (χ4v) is 5.03. The Kier molecular flexibility index (Phi) is 6.20. The molecule has 0 spiro atoms. The summed E-state index contributed by atoms with van der Waals surface area (Å²) in [6.07, 6.45) is 6.30. The molecule has 158 valence electrons. The summed E-state index contributed by atoms with van der Waals surface area (Å²) < 4.78 is 16.5. The Morgan fingerprint density at radius 3 is 2.63 bits per heavy atom.